The van der Waals surface area contributed by atoms with E-state index in [0.717, 1.165) is 28.9 Å². The third kappa shape index (κ3) is 4.04. The number of carbonyl (C=O) groups excluding carboxylic acids is 1. The van der Waals surface area contributed by atoms with E-state index in [1.807, 2.05) is 23.1 Å². The predicted octanol–water partition coefficient (Wildman–Crippen LogP) is 2.80. The molecule has 0 radical (unpaired) electrons. The molecular formula is C19H22BrN3O3S2. The van der Waals surface area contributed by atoms with Crippen LogP contribution in [0.25, 0.3) is 0 Å². The highest BCUT2D eigenvalue weighted by atomic mass is 79.9. The summed E-state index contributed by atoms with van der Waals surface area (Å²) in [7, 11) is -3.45. The van der Waals surface area contributed by atoms with Crippen molar-refractivity contribution in [3.8, 4) is 0 Å². The predicted molar refractivity (Wildman–Crippen MR) is 114 cm³/mol. The average molecular weight is 484 g/mol. The summed E-state index contributed by atoms with van der Waals surface area (Å²) in [6, 6.07) is 11.5. The zero-order valence-corrected chi connectivity index (χ0v) is 18.6. The quantitative estimate of drug-likeness (QED) is 0.670. The molecule has 150 valence electrons. The molecule has 0 spiro atoms. The lowest BCUT2D eigenvalue weighted by Crippen LogP contribution is -2.51. The number of anilines is 1. The number of hydrogen-bond acceptors (Lipinski definition) is 5. The van der Waals surface area contributed by atoms with Gasteiger partial charge in [-0.25, -0.2) is 8.42 Å². The van der Waals surface area contributed by atoms with E-state index in [0.29, 0.717) is 36.9 Å². The van der Waals surface area contributed by atoms with Crippen molar-refractivity contribution >= 4 is 48.9 Å². The van der Waals surface area contributed by atoms with E-state index in [4.69, 9.17) is 0 Å². The van der Waals surface area contributed by atoms with Gasteiger partial charge in [0, 0.05) is 38.4 Å². The first-order valence-electron chi connectivity index (χ1n) is 9.31. The van der Waals surface area contributed by atoms with Gasteiger partial charge in [-0.1, -0.05) is 18.2 Å². The monoisotopic (exact) mass is 483 g/mol. The number of hydrogen-bond donors (Lipinski definition) is 0. The van der Waals surface area contributed by atoms with Crippen molar-refractivity contribution in [1.29, 1.82) is 0 Å². The van der Waals surface area contributed by atoms with E-state index >= 15 is 0 Å². The van der Waals surface area contributed by atoms with Gasteiger partial charge in [-0.15, -0.1) is 11.3 Å². The van der Waals surface area contributed by atoms with Crippen molar-refractivity contribution in [2.24, 2.45) is 0 Å². The Hall–Kier alpha value is -1.26. The molecule has 6 nitrogen and oxygen atoms in total. The lowest BCUT2D eigenvalue weighted by molar-refractivity contribution is -0.120. The summed E-state index contributed by atoms with van der Waals surface area (Å²) in [5.74, 6) is 0.0886. The van der Waals surface area contributed by atoms with Gasteiger partial charge >= 0.3 is 0 Å². The number of nitrogens with zero attached hydrogens (tertiary/aromatic N) is 3. The summed E-state index contributed by atoms with van der Waals surface area (Å²) in [5, 5.41) is 0. The van der Waals surface area contributed by atoms with E-state index < -0.39 is 10.0 Å². The molecule has 1 aromatic carbocycles. The highest BCUT2D eigenvalue weighted by molar-refractivity contribution is 9.11. The second-order valence-corrected chi connectivity index (χ2v) is 11.6. The van der Waals surface area contributed by atoms with Gasteiger partial charge in [-0.05, 0) is 52.5 Å². The molecule has 0 atom stereocenters. The molecule has 0 saturated carbocycles. The number of aryl methyl sites for hydroxylation is 1. The van der Waals surface area contributed by atoms with Gasteiger partial charge < -0.3 is 4.90 Å². The van der Waals surface area contributed by atoms with E-state index in [-0.39, 0.29) is 5.91 Å². The largest absolute Gasteiger partial charge is 0.311 e. The summed E-state index contributed by atoms with van der Waals surface area (Å²) < 4.78 is 28.1. The molecule has 4 rings (SSSR count). The molecule has 28 heavy (non-hydrogen) atoms. The van der Waals surface area contributed by atoms with Crippen molar-refractivity contribution in [1.82, 2.24) is 9.21 Å². The van der Waals surface area contributed by atoms with E-state index in [2.05, 4.69) is 26.9 Å². The first-order chi connectivity index (χ1) is 13.4. The number of carbonyl (C=O) groups is 1. The molecule has 2 aromatic rings. The van der Waals surface area contributed by atoms with Gasteiger partial charge in [0.1, 0.15) is 4.21 Å². The third-order valence-electron chi connectivity index (χ3n) is 5.24. The number of piperazine rings is 1. The average Bonchev–Trinajstić information content (AvgIpc) is 3.15. The fourth-order valence-corrected chi connectivity index (χ4v) is 7.35. The minimum atomic E-state index is -3.45. The molecule has 3 heterocycles. The molecule has 0 bridgehead atoms. The first kappa shape index (κ1) is 20.0. The summed E-state index contributed by atoms with van der Waals surface area (Å²) >= 11 is 4.54. The molecule has 0 unspecified atom stereocenters. The summed E-state index contributed by atoms with van der Waals surface area (Å²) in [6.07, 6.45) is 1.99. The smallest absolute Gasteiger partial charge is 0.252 e. The second-order valence-electron chi connectivity index (χ2n) is 7.02. The van der Waals surface area contributed by atoms with Crippen molar-refractivity contribution in [3.63, 3.8) is 0 Å². The summed E-state index contributed by atoms with van der Waals surface area (Å²) in [4.78, 5) is 16.8. The fourth-order valence-electron chi connectivity index (χ4n) is 3.76. The maximum absolute atomic E-state index is 12.9. The Balaban J connectivity index is 1.37. The Labute approximate surface area is 177 Å². The molecular weight excluding hydrogens is 462 g/mol. The Morgan fingerprint density at radius 3 is 2.50 bits per heavy atom. The maximum Gasteiger partial charge on any atom is 0.252 e. The van der Waals surface area contributed by atoms with Crippen LogP contribution in [0.2, 0.25) is 0 Å². The van der Waals surface area contributed by atoms with Gasteiger partial charge in [0.15, 0.2) is 0 Å². The van der Waals surface area contributed by atoms with Crippen LogP contribution in [0.1, 0.15) is 12.0 Å². The van der Waals surface area contributed by atoms with Crippen molar-refractivity contribution in [3.05, 3.63) is 45.7 Å². The van der Waals surface area contributed by atoms with Gasteiger partial charge in [0.05, 0.1) is 10.3 Å². The Morgan fingerprint density at radius 2 is 1.79 bits per heavy atom. The molecule has 0 aliphatic carbocycles. The maximum atomic E-state index is 12.9. The normalized spacial score (nSPS) is 18.8. The van der Waals surface area contributed by atoms with Crippen molar-refractivity contribution in [2.75, 3.05) is 44.2 Å². The lowest BCUT2D eigenvalue weighted by atomic mass is 10.0. The number of benzene rings is 1. The Morgan fingerprint density at radius 1 is 1.04 bits per heavy atom. The van der Waals surface area contributed by atoms with Crippen LogP contribution in [0.15, 0.2) is 44.4 Å². The first-order valence-corrected chi connectivity index (χ1v) is 12.4. The SMILES string of the molecule is O=C(CN1CCN(S(=O)(=O)c2ccc(Br)s2)CC1)N1CCCc2ccccc21. The fraction of sp³-hybridized carbons (Fsp3) is 0.421. The van der Waals surface area contributed by atoms with Crippen LogP contribution in [0, 0.1) is 0 Å². The van der Waals surface area contributed by atoms with Crippen LogP contribution in [0.4, 0.5) is 5.69 Å². The molecule has 1 fully saturated rings. The second kappa shape index (κ2) is 8.23. The zero-order chi connectivity index (χ0) is 19.7. The summed E-state index contributed by atoms with van der Waals surface area (Å²) in [6.45, 7) is 3.01. The topological polar surface area (TPSA) is 60.9 Å². The standard InChI is InChI=1S/C19H22BrN3O3S2/c20-17-7-8-19(27-17)28(25,26)22-12-10-21(11-13-22)14-18(24)23-9-3-5-15-4-1-2-6-16(15)23/h1-2,4,6-8H,3,5,9-14H2. The van der Waals surface area contributed by atoms with Crippen molar-refractivity contribution < 1.29 is 13.2 Å². The number of amides is 1. The van der Waals surface area contributed by atoms with Gasteiger partial charge in [-0.2, -0.15) is 4.31 Å². The van der Waals surface area contributed by atoms with Gasteiger partial charge in [0.25, 0.3) is 10.0 Å². The van der Waals surface area contributed by atoms with Crippen LogP contribution in [-0.4, -0.2) is 62.8 Å². The number of sulfonamides is 1. The van der Waals surface area contributed by atoms with Crippen LogP contribution in [0.5, 0.6) is 0 Å². The molecule has 9 heteroatoms. The molecule has 2 aliphatic heterocycles. The number of thiophene rings is 1. The highest BCUT2D eigenvalue weighted by Gasteiger charge is 2.31. The Kier molecular flexibility index (Phi) is 5.89. The van der Waals surface area contributed by atoms with Crippen LogP contribution in [-0.2, 0) is 21.2 Å². The minimum Gasteiger partial charge on any atom is -0.311 e. The lowest BCUT2D eigenvalue weighted by Gasteiger charge is -2.35. The van der Waals surface area contributed by atoms with E-state index in [9.17, 15) is 13.2 Å². The van der Waals surface area contributed by atoms with Gasteiger partial charge in [0.2, 0.25) is 5.91 Å². The van der Waals surface area contributed by atoms with Crippen LogP contribution in [0.3, 0.4) is 0 Å². The third-order valence-corrected chi connectivity index (χ3v) is 9.23. The van der Waals surface area contributed by atoms with Gasteiger partial charge in [-0.3, -0.25) is 9.69 Å². The molecule has 1 amide bonds. The molecule has 0 N–H and O–H groups in total. The van der Waals surface area contributed by atoms with Crippen LogP contribution < -0.4 is 4.90 Å². The van der Waals surface area contributed by atoms with E-state index in [1.54, 1.807) is 12.1 Å². The highest BCUT2D eigenvalue weighted by Crippen LogP contribution is 2.29. The molecule has 2 aliphatic rings. The molecule has 1 aromatic heterocycles. The molecule has 1 saturated heterocycles. The number of halogens is 1. The van der Waals surface area contributed by atoms with Crippen molar-refractivity contribution in [2.45, 2.75) is 17.1 Å². The number of rotatable bonds is 4. The summed E-state index contributed by atoms with van der Waals surface area (Å²) in [5.41, 5.74) is 2.24. The number of fused-ring (bicyclic) bond motifs is 1. The zero-order valence-electron chi connectivity index (χ0n) is 15.4. The van der Waals surface area contributed by atoms with Crippen LogP contribution >= 0.6 is 27.3 Å². The van der Waals surface area contributed by atoms with E-state index in [1.165, 1.54) is 21.2 Å². The Bertz CT molecular complexity index is 968. The minimum absolute atomic E-state index is 0.0886. The number of para-hydroxylation sites is 1.